The molecule has 0 aliphatic rings. The monoisotopic (exact) mass is 285 g/mol. The number of hydrogen-bond donors (Lipinski definition) is 3. The molecule has 1 atom stereocenters. The Labute approximate surface area is 113 Å². The molecule has 0 spiro atoms. The first-order valence-electron chi connectivity index (χ1n) is 6.07. The third-order valence-electron chi connectivity index (χ3n) is 2.55. The Morgan fingerprint density at radius 1 is 1.32 bits per heavy atom. The van der Waals surface area contributed by atoms with Crippen LogP contribution >= 0.6 is 0 Å². The maximum atomic E-state index is 12.0. The van der Waals surface area contributed by atoms with Crippen LogP contribution in [0.3, 0.4) is 0 Å². The van der Waals surface area contributed by atoms with Crippen molar-refractivity contribution < 1.29 is 13.2 Å². The molecule has 0 unspecified atom stereocenters. The fourth-order valence-corrected chi connectivity index (χ4v) is 2.68. The maximum absolute atomic E-state index is 12.0. The summed E-state index contributed by atoms with van der Waals surface area (Å²) in [5.74, 6) is -0.401. The molecule has 0 heterocycles. The van der Waals surface area contributed by atoms with Crippen LogP contribution in [0.2, 0.25) is 0 Å². The lowest BCUT2D eigenvalue weighted by Crippen LogP contribution is -2.35. The van der Waals surface area contributed by atoms with Crippen molar-refractivity contribution in [3.63, 3.8) is 0 Å². The van der Waals surface area contributed by atoms with Crippen LogP contribution in [0.4, 0.5) is 5.69 Å². The van der Waals surface area contributed by atoms with Crippen molar-refractivity contribution in [3.05, 3.63) is 24.3 Å². The SMILES string of the molecule is CCNS(=O)(=O)c1ccccc1NC(=O)[C@H](N)CC. The van der Waals surface area contributed by atoms with Gasteiger partial charge in [0.25, 0.3) is 0 Å². The smallest absolute Gasteiger partial charge is 0.242 e. The highest BCUT2D eigenvalue weighted by Crippen LogP contribution is 2.20. The van der Waals surface area contributed by atoms with Crippen LogP contribution in [-0.2, 0) is 14.8 Å². The lowest BCUT2D eigenvalue weighted by Gasteiger charge is -2.14. The molecule has 19 heavy (non-hydrogen) atoms. The van der Waals surface area contributed by atoms with E-state index in [4.69, 9.17) is 5.73 Å². The van der Waals surface area contributed by atoms with Gasteiger partial charge in [0, 0.05) is 6.54 Å². The zero-order chi connectivity index (χ0) is 14.5. The molecule has 0 bridgehead atoms. The second-order valence-corrected chi connectivity index (χ2v) is 5.74. The van der Waals surface area contributed by atoms with Gasteiger partial charge in [0.2, 0.25) is 15.9 Å². The fourth-order valence-electron chi connectivity index (χ4n) is 1.48. The van der Waals surface area contributed by atoms with Crippen LogP contribution in [0.5, 0.6) is 0 Å². The van der Waals surface area contributed by atoms with E-state index in [1.54, 1.807) is 26.0 Å². The molecular weight excluding hydrogens is 266 g/mol. The summed E-state index contributed by atoms with van der Waals surface area (Å²) in [5, 5.41) is 2.54. The standard InChI is InChI=1S/C12H19N3O3S/c1-3-9(13)12(16)15-10-7-5-6-8-11(10)19(17,18)14-4-2/h5-9,14H,3-4,13H2,1-2H3,(H,15,16)/t9-/m1/s1. The molecule has 1 rings (SSSR count). The molecule has 4 N–H and O–H groups in total. The van der Waals surface area contributed by atoms with Gasteiger partial charge in [-0.05, 0) is 18.6 Å². The predicted molar refractivity (Wildman–Crippen MR) is 74.2 cm³/mol. The van der Waals surface area contributed by atoms with Gasteiger partial charge in [0.05, 0.1) is 11.7 Å². The van der Waals surface area contributed by atoms with Gasteiger partial charge in [-0.2, -0.15) is 0 Å². The highest BCUT2D eigenvalue weighted by molar-refractivity contribution is 7.89. The van der Waals surface area contributed by atoms with Crippen molar-refractivity contribution in [1.82, 2.24) is 4.72 Å². The second-order valence-electron chi connectivity index (χ2n) is 4.00. The zero-order valence-electron chi connectivity index (χ0n) is 11.0. The van der Waals surface area contributed by atoms with Crippen LogP contribution in [0.25, 0.3) is 0 Å². The van der Waals surface area contributed by atoms with Crippen molar-refractivity contribution in [1.29, 1.82) is 0 Å². The first kappa shape index (κ1) is 15.6. The van der Waals surface area contributed by atoms with Crippen molar-refractivity contribution in [2.75, 3.05) is 11.9 Å². The van der Waals surface area contributed by atoms with E-state index in [-0.39, 0.29) is 17.1 Å². The first-order valence-corrected chi connectivity index (χ1v) is 7.55. The van der Waals surface area contributed by atoms with Gasteiger partial charge >= 0.3 is 0 Å². The van der Waals surface area contributed by atoms with E-state index in [9.17, 15) is 13.2 Å². The minimum Gasteiger partial charge on any atom is -0.324 e. The number of carbonyl (C=O) groups excluding carboxylic acids is 1. The number of hydrogen-bond acceptors (Lipinski definition) is 4. The topological polar surface area (TPSA) is 101 Å². The fraction of sp³-hybridized carbons (Fsp3) is 0.417. The summed E-state index contributed by atoms with van der Waals surface area (Å²) < 4.78 is 26.3. The number of benzene rings is 1. The van der Waals surface area contributed by atoms with E-state index >= 15 is 0 Å². The summed E-state index contributed by atoms with van der Waals surface area (Å²) in [6.45, 7) is 3.75. The van der Waals surface area contributed by atoms with Crippen molar-refractivity contribution >= 4 is 21.6 Å². The van der Waals surface area contributed by atoms with Gasteiger partial charge in [-0.25, -0.2) is 13.1 Å². The van der Waals surface area contributed by atoms with E-state index in [0.29, 0.717) is 6.42 Å². The molecule has 1 aromatic carbocycles. The minimum atomic E-state index is -3.62. The normalized spacial score (nSPS) is 13.0. The van der Waals surface area contributed by atoms with Crippen LogP contribution < -0.4 is 15.8 Å². The summed E-state index contributed by atoms with van der Waals surface area (Å²) >= 11 is 0. The van der Waals surface area contributed by atoms with Crippen molar-refractivity contribution in [2.24, 2.45) is 5.73 Å². The zero-order valence-corrected chi connectivity index (χ0v) is 11.8. The quantitative estimate of drug-likeness (QED) is 0.714. The van der Waals surface area contributed by atoms with Crippen molar-refractivity contribution in [3.8, 4) is 0 Å². The van der Waals surface area contributed by atoms with Crippen LogP contribution in [0, 0.1) is 0 Å². The summed E-state index contributed by atoms with van der Waals surface area (Å²) in [6, 6.07) is 5.56. The molecule has 1 aromatic rings. The predicted octanol–water partition coefficient (Wildman–Crippen LogP) is 0.661. The Hall–Kier alpha value is -1.44. The number of nitrogens with one attached hydrogen (secondary N) is 2. The average Bonchev–Trinajstić information content (AvgIpc) is 2.38. The lowest BCUT2D eigenvalue weighted by atomic mass is 10.2. The summed E-state index contributed by atoms with van der Waals surface area (Å²) in [5.41, 5.74) is 5.84. The molecular formula is C12H19N3O3S. The number of nitrogens with two attached hydrogens (primary N) is 1. The summed E-state index contributed by atoms with van der Waals surface area (Å²) in [7, 11) is -3.62. The second kappa shape index (κ2) is 6.65. The third-order valence-corrected chi connectivity index (χ3v) is 4.15. The molecule has 0 fully saturated rings. The van der Waals surface area contributed by atoms with Gasteiger partial charge in [-0.3, -0.25) is 4.79 Å². The Kier molecular flexibility index (Phi) is 5.46. The Bertz CT molecular complexity index is 543. The molecule has 0 radical (unpaired) electrons. The molecule has 1 amide bonds. The Morgan fingerprint density at radius 3 is 2.53 bits per heavy atom. The van der Waals surface area contributed by atoms with Crippen molar-refractivity contribution in [2.45, 2.75) is 31.2 Å². The number of carbonyl (C=O) groups is 1. The summed E-state index contributed by atoms with van der Waals surface area (Å²) in [4.78, 5) is 11.8. The van der Waals surface area contributed by atoms with Gasteiger partial charge in [-0.15, -0.1) is 0 Å². The molecule has 7 heteroatoms. The van der Waals surface area contributed by atoms with Crippen LogP contribution in [0.15, 0.2) is 29.2 Å². The van der Waals surface area contributed by atoms with Gasteiger partial charge in [-0.1, -0.05) is 26.0 Å². The van der Waals surface area contributed by atoms with Gasteiger partial charge < -0.3 is 11.1 Å². The Morgan fingerprint density at radius 2 is 1.95 bits per heavy atom. The summed E-state index contributed by atoms with van der Waals surface area (Å²) in [6.07, 6.45) is 0.480. The number of anilines is 1. The maximum Gasteiger partial charge on any atom is 0.242 e. The largest absolute Gasteiger partial charge is 0.324 e. The highest BCUT2D eigenvalue weighted by atomic mass is 32.2. The van der Waals surface area contributed by atoms with E-state index in [0.717, 1.165) is 0 Å². The molecule has 106 valence electrons. The van der Waals surface area contributed by atoms with E-state index in [1.807, 2.05) is 0 Å². The number of sulfonamides is 1. The number of rotatable bonds is 6. The molecule has 0 aliphatic carbocycles. The average molecular weight is 285 g/mol. The molecule has 0 aromatic heterocycles. The Balaban J connectivity index is 3.07. The highest BCUT2D eigenvalue weighted by Gasteiger charge is 2.19. The minimum absolute atomic E-state index is 0.0357. The van der Waals surface area contributed by atoms with Gasteiger partial charge in [0.15, 0.2) is 0 Å². The molecule has 0 saturated heterocycles. The first-order chi connectivity index (χ1) is 8.92. The van der Waals surface area contributed by atoms with Crippen LogP contribution in [0.1, 0.15) is 20.3 Å². The van der Waals surface area contributed by atoms with Crippen LogP contribution in [-0.4, -0.2) is 26.9 Å². The molecule has 0 saturated carbocycles. The van der Waals surface area contributed by atoms with E-state index in [2.05, 4.69) is 10.0 Å². The number of para-hydroxylation sites is 1. The molecule has 6 nitrogen and oxygen atoms in total. The number of amides is 1. The molecule has 0 aliphatic heterocycles. The van der Waals surface area contributed by atoms with E-state index in [1.165, 1.54) is 12.1 Å². The van der Waals surface area contributed by atoms with Gasteiger partial charge in [0.1, 0.15) is 4.90 Å². The third kappa shape index (κ3) is 4.02. The van der Waals surface area contributed by atoms with E-state index < -0.39 is 22.0 Å². The lowest BCUT2D eigenvalue weighted by molar-refractivity contribution is -0.117.